The highest BCUT2D eigenvalue weighted by atomic mass is 16.5. The maximum atomic E-state index is 12.7. The molecule has 1 fully saturated rings. The van der Waals surface area contributed by atoms with Crippen LogP contribution in [-0.2, 0) is 4.79 Å². The Hall–Kier alpha value is -2.33. The van der Waals surface area contributed by atoms with Crippen LogP contribution in [0, 0.1) is 5.92 Å². The molecule has 132 valence electrons. The van der Waals surface area contributed by atoms with Crippen LogP contribution in [0.4, 0.5) is 0 Å². The summed E-state index contributed by atoms with van der Waals surface area (Å²) in [7, 11) is 0. The van der Waals surface area contributed by atoms with E-state index in [1.807, 2.05) is 61.5 Å². The molecule has 1 saturated carbocycles. The van der Waals surface area contributed by atoms with Gasteiger partial charge in [-0.2, -0.15) is 0 Å². The minimum absolute atomic E-state index is 0.0175. The molecule has 0 aromatic heterocycles. The van der Waals surface area contributed by atoms with Gasteiger partial charge in [-0.25, -0.2) is 0 Å². The molecule has 2 aromatic rings. The Morgan fingerprint density at radius 1 is 1.12 bits per heavy atom. The van der Waals surface area contributed by atoms with Crippen LogP contribution in [0.1, 0.15) is 43.4 Å². The zero-order valence-electron chi connectivity index (χ0n) is 14.7. The van der Waals surface area contributed by atoms with Crippen molar-refractivity contribution in [2.24, 2.45) is 11.7 Å². The average Bonchev–Trinajstić information content (AvgIpc) is 3.08. The van der Waals surface area contributed by atoms with Gasteiger partial charge in [-0.1, -0.05) is 42.5 Å². The van der Waals surface area contributed by atoms with Crippen molar-refractivity contribution in [1.82, 2.24) is 5.32 Å². The fraction of sp³-hybridized carbons (Fsp3) is 0.381. The molecule has 0 spiro atoms. The molecule has 0 aliphatic heterocycles. The van der Waals surface area contributed by atoms with Gasteiger partial charge in [-0.05, 0) is 49.4 Å². The van der Waals surface area contributed by atoms with Gasteiger partial charge in [0.05, 0.1) is 12.6 Å². The molecule has 25 heavy (non-hydrogen) atoms. The Bertz CT molecular complexity index is 685. The zero-order chi connectivity index (χ0) is 17.6. The van der Waals surface area contributed by atoms with Crippen molar-refractivity contribution < 1.29 is 9.53 Å². The molecule has 3 rings (SSSR count). The monoisotopic (exact) mass is 338 g/mol. The van der Waals surface area contributed by atoms with E-state index in [1.54, 1.807) is 0 Å². The first-order valence-corrected chi connectivity index (χ1v) is 9.01. The summed E-state index contributed by atoms with van der Waals surface area (Å²) in [5.41, 5.74) is 8.09. The molecule has 0 bridgehead atoms. The minimum atomic E-state index is -0.166. The molecule has 1 amide bonds. The van der Waals surface area contributed by atoms with Crippen molar-refractivity contribution in [1.29, 1.82) is 0 Å². The molecule has 0 radical (unpaired) electrons. The Kier molecular flexibility index (Phi) is 5.71. The fourth-order valence-electron chi connectivity index (χ4n) is 3.44. The van der Waals surface area contributed by atoms with Crippen molar-refractivity contribution in [3.63, 3.8) is 0 Å². The Morgan fingerprint density at radius 2 is 1.80 bits per heavy atom. The van der Waals surface area contributed by atoms with E-state index in [2.05, 4.69) is 5.32 Å². The summed E-state index contributed by atoms with van der Waals surface area (Å²) in [6, 6.07) is 18.0. The van der Waals surface area contributed by atoms with Gasteiger partial charge in [-0.3, -0.25) is 4.79 Å². The molecule has 4 nitrogen and oxygen atoms in total. The van der Waals surface area contributed by atoms with Crippen LogP contribution in [-0.4, -0.2) is 18.6 Å². The number of nitrogens with one attached hydrogen (secondary N) is 1. The lowest BCUT2D eigenvalue weighted by Gasteiger charge is -2.22. The molecule has 1 aliphatic rings. The topological polar surface area (TPSA) is 64.3 Å². The molecule has 2 aromatic carbocycles. The van der Waals surface area contributed by atoms with Crippen LogP contribution < -0.4 is 15.8 Å². The number of ether oxygens (including phenoxy) is 1. The van der Waals surface area contributed by atoms with Crippen LogP contribution >= 0.6 is 0 Å². The summed E-state index contributed by atoms with van der Waals surface area (Å²) in [6.45, 7) is 2.60. The third-order valence-corrected chi connectivity index (χ3v) is 4.79. The van der Waals surface area contributed by atoms with Gasteiger partial charge in [0.1, 0.15) is 5.75 Å². The van der Waals surface area contributed by atoms with E-state index in [-0.39, 0.29) is 23.9 Å². The van der Waals surface area contributed by atoms with Crippen LogP contribution in [0.3, 0.4) is 0 Å². The normalized spacial score (nSPS) is 20.9. The summed E-state index contributed by atoms with van der Waals surface area (Å²) < 4.78 is 5.52. The molecule has 1 aliphatic carbocycles. The zero-order valence-corrected chi connectivity index (χ0v) is 14.7. The van der Waals surface area contributed by atoms with Crippen molar-refractivity contribution in [3.05, 3.63) is 65.7 Å². The number of hydrogen-bond donors (Lipinski definition) is 2. The average molecular weight is 338 g/mol. The van der Waals surface area contributed by atoms with Gasteiger partial charge < -0.3 is 15.8 Å². The molecule has 3 unspecified atom stereocenters. The van der Waals surface area contributed by atoms with Gasteiger partial charge in [0.15, 0.2) is 0 Å². The van der Waals surface area contributed by atoms with Gasteiger partial charge in [0, 0.05) is 12.0 Å². The Balaban J connectivity index is 1.81. The SMILES string of the molecule is CCOc1ccc(C(NC(=O)C2CCC(N)C2)c2ccccc2)cc1. The number of carbonyl (C=O) groups is 1. The number of nitrogens with two attached hydrogens (primary N) is 1. The molecule has 3 N–H and O–H groups in total. The van der Waals surface area contributed by atoms with E-state index >= 15 is 0 Å². The number of hydrogen-bond acceptors (Lipinski definition) is 3. The van der Waals surface area contributed by atoms with E-state index in [0.717, 1.165) is 36.1 Å². The van der Waals surface area contributed by atoms with Gasteiger partial charge in [0.2, 0.25) is 5.91 Å². The van der Waals surface area contributed by atoms with E-state index in [9.17, 15) is 4.79 Å². The highest BCUT2D eigenvalue weighted by molar-refractivity contribution is 5.80. The summed E-state index contributed by atoms with van der Waals surface area (Å²) >= 11 is 0. The standard InChI is InChI=1S/C21H26N2O2/c1-2-25-19-12-9-16(10-13-19)20(15-6-4-3-5-7-15)23-21(24)17-8-11-18(22)14-17/h3-7,9-10,12-13,17-18,20H,2,8,11,14,22H2,1H3,(H,23,24). The molecule has 0 saturated heterocycles. The second-order valence-corrected chi connectivity index (χ2v) is 6.62. The first-order valence-electron chi connectivity index (χ1n) is 9.01. The van der Waals surface area contributed by atoms with Crippen LogP contribution in [0.15, 0.2) is 54.6 Å². The highest BCUT2D eigenvalue weighted by Crippen LogP contribution is 2.28. The lowest BCUT2D eigenvalue weighted by molar-refractivity contribution is -0.125. The van der Waals surface area contributed by atoms with Crippen molar-refractivity contribution in [3.8, 4) is 5.75 Å². The smallest absolute Gasteiger partial charge is 0.223 e. The summed E-state index contributed by atoms with van der Waals surface area (Å²) in [5.74, 6) is 0.950. The lowest BCUT2D eigenvalue weighted by Crippen LogP contribution is -2.34. The first-order chi connectivity index (χ1) is 12.2. The summed E-state index contributed by atoms with van der Waals surface area (Å²) in [5, 5.41) is 3.23. The van der Waals surface area contributed by atoms with Crippen molar-refractivity contribution in [2.75, 3.05) is 6.61 Å². The third kappa shape index (κ3) is 4.40. The molecular formula is C21H26N2O2. The molecule has 4 heteroatoms. The van der Waals surface area contributed by atoms with Gasteiger partial charge in [-0.15, -0.1) is 0 Å². The van der Waals surface area contributed by atoms with E-state index in [0.29, 0.717) is 6.61 Å². The van der Waals surface area contributed by atoms with Gasteiger partial charge in [0.25, 0.3) is 0 Å². The summed E-state index contributed by atoms with van der Waals surface area (Å²) in [6.07, 6.45) is 2.57. The summed E-state index contributed by atoms with van der Waals surface area (Å²) in [4.78, 5) is 12.7. The van der Waals surface area contributed by atoms with Crippen molar-refractivity contribution in [2.45, 2.75) is 38.3 Å². The molecular weight excluding hydrogens is 312 g/mol. The van der Waals surface area contributed by atoms with Crippen LogP contribution in [0.25, 0.3) is 0 Å². The molecule has 3 atom stereocenters. The second-order valence-electron chi connectivity index (χ2n) is 6.62. The molecule has 0 heterocycles. The quantitative estimate of drug-likeness (QED) is 0.848. The number of benzene rings is 2. The van der Waals surface area contributed by atoms with Gasteiger partial charge >= 0.3 is 0 Å². The number of rotatable bonds is 6. The third-order valence-electron chi connectivity index (χ3n) is 4.79. The predicted octanol–water partition coefficient (Wildman–Crippen LogP) is 3.42. The fourth-order valence-corrected chi connectivity index (χ4v) is 3.44. The maximum absolute atomic E-state index is 12.7. The second kappa shape index (κ2) is 8.17. The lowest BCUT2D eigenvalue weighted by atomic mass is 9.97. The van der Waals surface area contributed by atoms with Crippen LogP contribution in [0.5, 0.6) is 5.75 Å². The number of carbonyl (C=O) groups excluding carboxylic acids is 1. The van der Waals surface area contributed by atoms with E-state index in [1.165, 1.54) is 0 Å². The van der Waals surface area contributed by atoms with E-state index < -0.39 is 0 Å². The number of amides is 1. The van der Waals surface area contributed by atoms with Crippen LogP contribution in [0.2, 0.25) is 0 Å². The Labute approximate surface area is 149 Å². The van der Waals surface area contributed by atoms with E-state index in [4.69, 9.17) is 10.5 Å². The highest BCUT2D eigenvalue weighted by Gasteiger charge is 2.29. The van der Waals surface area contributed by atoms with Crippen molar-refractivity contribution >= 4 is 5.91 Å². The predicted molar refractivity (Wildman–Crippen MR) is 99.4 cm³/mol. The first kappa shape index (κ1) is 17.5. The largest absolute Gasteiger partial charge is 0.494 e. The maximum Gasteiger partial charge on any atom is 0.223 e. The Morgan fingerprint density at radius 3 is 2.40 bits per heavy atom. The minimum Gasteiger partial charge on any atom is -0.494 e.